The van der Waals surface area contributed by atoms with Crippen LogP contribution in [0.3, 0.4) is 0 Å². The van der Waals surface area contributed by atoms with Crippen molar-refractivity contribution in [1.29, 1.82) is 0 Å². The molecule has 2 aromatic heterocycles. The molecular formula is C28H19IrN2O3S-. The summed E-state index contributed by atoms with van der Waals surface area (Å²) in [5.74, 6) is 0. The van der Waals surface area contributed by atoms with Gasteiger partial charge in [-0.2, -0.15) is 8.42 Å². The van der Waals surface area contributed by atoms with Crippen LogP contribution in [0, 0.1) is 6.07 Å². The van der Waals surface area contributed by atoms with Gasteiger partial charge in [-0.1, -0.05) is 54.4 Å². The molecule has 7 heteroatoms. The zero-order valence-electron chi connectivity index (χ0n) is 18.4. The maximum Gasteiger partial charge on any atom is 0.312 e. The third-order valence-electron chi connectivity index (χ3n) is 6.32. The Labute approximate surface area is 217 Å². The Morgan fingerprint density at radius 2 is 1.60 bits per heavy atom. The summed E-state index contributed by atoms with van der Waals surface area (Å²) >= 11 is 0. The van der Waals surface area contributed by atoms with Crippen molar-refractivity contribution in [3.8, 4) is 33.5 Å². The molecule has 3 aromatic carbocycles. The van der Waals surface area contributed by atoms with E-state index in [0.717, 1.165) is 24.1 Å². The van der Waals surface area contributed by atoms with Gasteiger partial charge in [0.2, 0.25) is 0 Å². The van der Waals surface area contributed by atoms with E-state index in [-0.39, 0.29) is 25.1 Å². The van der Waals surface area contributed by atoms with Crippen molar-refractivity contribution >= 4 is 21.0 Å². The number of hydrogen-bond acceptors (Lipinski definition) is 4. The molecule has 5 aromatic rings. The first-order chi connectivity index (χ1) is 16.5. The summed E-state index contributed by atoms with van der Waals surface area (Å²) in [7, 11) is -4.11. The number of benzene rings is 3. The van der Waals surface area contributed by atoms with Crippen LogP contribution in [0.4, 0.5) is 0 Å². The zero-order chi connectivity index (χ0) is 23.3. The number of aryl methyl sites for hydroxylation is 1. The van der Waals surface area contributed by atoms with Gasteiger partial charge in [0.05, 0.1) is 5.52 Å². The Bertz CT molecular complexity index is 1690. The summed E-state index contributed by atoms with van der Waals surface area (Å²) in [5.41, 5.74) is 11.6. The Morgan fingerprint density at radius 3 is 2.34 bits per heavy atom. The molecule has 0 amide bonds. The average molecular weight is 656 g/mol. The quantitative estimate of drug-likeness (QED) is 0.180. The van der Waals surface area contributed by atoms with E-state index in [9.17, 15) is 8.42 Å². The fraction of sp³-hybridized carbons (Fsp3) is 0.0714. The van der Waals surface area contributed by atoms with Gasteiger partial charge in [0.1, 0.15) is 0 Å². The molecule has 0 fully saturated rings. The maximum atomic E-state index is 10.3. The van der Waals surface area contributed by atoms with Crippen molar-refractivity contribution in [3.05, 3.63) is 102 Å². The van der Waals surface area contributed by atoms with E-state index >= 15 is 0 Å². The summed E-state index contributed by atoms with van der Waals surface area (Å²) < 4.78 is 29.1. The smallest absolute Gasteiger partial charge is 0.296 e. The van der Waals surface area contributed by atoms with E-state index < -0.39 is 10.1 Å². The average Bonchev–Trinajstić information content (AvgIpc) is 3.21. The molecule has 0 bridgehead atoms. The SMILES string of the molecule is O=S(=O)(O)c1ccccn1.[Ir].[c-]1cccc2c1-c1nc3cccc4c3c(c1CC2)-c1ccccc1-4. The van der Waals surface area contributed by atoms with Crippen molar-refractivity contribution in [1.82, 2.24) is 9.97 Å². The van der Waals surface area contributed by atoms with E-state index in [2.05, 4.69) is 65.6 Å². The van der Waals surface area contributed by atoms with Gasteiger partial charge >= 0.3 is 10.1 Å². The molecule has 0 spiro atoms. The summed E-state index contributed by atoms with van der Waals surface area (Å²) in [6, 6.07) is 29.3. The number of nitrogens with zero attached hydrogens (tertiary/aromatic N) is 2. The minimum Gasteiger partial charge on any atom is -0.296 e. The molecule has 0 unspecified atom stereocenters. The molecule has 1 radical (unpaired) electrons. The van der Waals surface area contributed by atoms with Crippen LogP contribution in [0.5, 0.6) is 0 Å². The van der Waals surface area contributed by atoms with Crippen LogP contribution in [-0.2, 0) is 43.1 Å². The van der Waals surface area contributed by atoms with Crippen LogP contribution in [0.25, 0.3) is 44.4 Å². The largest absolute Gasteiger partial charge is 0.312 e. The fourth-order valence-corrected chi connectivity index (χ4v) is 5.37. The summed E-state index contributed by atoms with van der Waals surface area (Å²) in [6.07, 6.45) is 3.43. The first-order valence-corrected chi connectivity index (χ1v) is 12.4. The molecule has 5 nitrogen and oxygen atoms in total. The van der Waals surface area contributed by atoms with Gasteiger partial charge in [0.15, 0.2) is 5.03 Å². The molecule has 2 aliphatic rings. The normalized spacial score (nSPS) is 12.5. The van der Waals surface area contributed by atoms with Crippen molar-refractivity contribution < 1.29 is 33.1 Å². The molecule has 2 aliphatic carbocycles. The molecular weight excluding hydrogens is 637 g/mol. The van der Waals surface area contributed by atoms with Crippen molar-refractivity contribution in [2.24, 2.45) is 0 Å². The summed E-state index contributed by atoms with van der Waals surface area (Å²) in [4.78, 5) is 8.48. The molecule has 7 rings (SSSR count). The Morgan fingerprint density at radius 1 is 0.829 bits per heavy atom. The second kappa shape index (κ2) is 9.10. The van der Waals surface area contributed by atoms with Crippen LogP contribution in [0.2, 0.25) is 0 Å². The number of pyridine rings is 2. The van der Waals surface area contributed by atoms with Crippen molar-refractivity contribution in [2.45, 2.75) is 17.9 Å². The minimum atomic E-state index is -4.11. The van der Waals surface area contributed by atoms with Crippen LogP contribution >= 0.6 is 0 Å². The minimum absolute atomic E-state index is 0. The van der Waals surface area contributed by atoms with Crippen LogP contribution in [-0.4, -0.2) is 22.9 Å². The third kappa shape index (κ3) is 4.01. The predicted molar refractivity (Wildman–Crippen MR) is 132 cm³/mol. The topological polar surface area (TPSA) is 80.2 Å². The summed E-state index contributed by atoms with van der Waals surface area (Å²) in [6.45, 7) is 0. The fourth-order valence-electron chi connectivity index (χ4n) is 4.92. The van der Waals surface area contributed by atoms with E-state index in [1.807, 2.05) is 6.07 Å². The number of aromatic nitrogens is 2. The Kier molecular flexibility index (Phi) is 6.11. The van der Waals surface area contributed by atoms with Crippen LogP contribution in [0.15, 0.2) is 90.1 Å². The van der Waals surface area contributed by atoms with Crippen molar-refractivity contribution in [3.63, 3.8) is 0 Å². The number of fused-ring (bicyclic) bond motifs is 7. The Balaban J connectivity index is 0.000000197. The second-order valence-electron chi connectivity index (χ2n) is 8.27. The van der Waals surface area contributed by atoms with E-state index in [1.165, 1.54) is 62.7 Å². The van der Waals surface area contributed by atoms with E-state index in [1.54, 1.807) is 6.07 Å². The van der Waals surface area contributed by atoms with Gasteiger partial charge in [-0.05, 0) is 52.6 Å². The molecule has 0 atom stereocenters. The first kappa shape index (κ1) is 23.5. The molecule has 2 heterocycles. The molecule has 0 saturated heterocycles. The standard InChI is InChI=1S/C23H14N.C5H5NO3S.Ir/c1-2-7-15-14(6-1)12-13-19-21-17-9-4-3-8-16(17)18-10-5-11-20(22(18)21)24-23(15)19;7-10(8,9)5-3-1-2-4-6-5;/h1-6,8-11H,12-13H2;1-4H,(H,7,8,9);/q-1;;. The predicted octanol–water partition coefficient (Wildman–Crippen LogP) is 5.77. The molecule has 35 heavy (non-hydrogen) atoms. The number of hydrogen-bond donors (Lipinski definition) is 1. The zero-order valence-corrected chi connectivity index (χ0v) is 21.6. The van der Waals surface area contributed by atoms with E-state index in [0.29, 0.717) is 0 Å². The molecule has 1 N–H and O–H groups in total. The molecule has 0 aliphatic heterocycles. The monoisotopic (exact) mass is 656 g/mol. The van der Waals surface area contributed by atoms with Crippen molar-refractivity contribution in [2.75, 3.05) is 0 Å². The van der Waals surface area contributed by atoms with Gasteiger partial charge in [0.25, 0.3) is 0 Å². The van der Waals surface area contributed by atoms with Gasteiger partial charge in [-0.15, -0.1) is 35.4 Å². The van der Waals surface area contributed by atoms with Crippen LogP contribution < -0.4 is 0 Å². The summed E-state index contributed by atoms with van der Waals surface area (Å²) in [5, 5.41) is 1.01. The molecule has 175 valence electrons. The second-order valence-corrected chi connectivity index (χ2v) is 9.64. The van der Waals surface area contributed by atoms with Gasteiger partial charge < -0.3 is 0 Å². The maximum absolute atomic E-state index is 10.3. The van der Waals surface area contributed by atoms with Gasteiger partial charge in [0, 0.05) is 31.7 Å². The first-order valence-electron chi connectivity index (χ1n) is 11.0. The van der Waals surface area contributed by atoms with Gasteiger partial charge in [-0.25, -0.2) is 4.98 Å². The van der Waals surface area contributed by atoms with Gasteiger partial charge in [-0.3, -0.25) is 9.54 Å². The third-order valence-corrected chi connectivity index (χ3v) is 7.09. The number of rotatable bonds is 1. The molecule has 0 saturated carbocycles. The van der Waals surface area contributed by atoms with Crippen LogP contribution in [0.1, 0.15) is 11.1 Å². The Hall–Kier alpha value is -3.22. The van der Waals surface area contributed by atoms with E-state index in [4.69, 9.17) is 9.54 Å².